The highest BCUT2D eigenvalue weighted by Crippen LogP contribution is 2.29. The van der Waals surface area contributed by atoms with Crippen molar-refractivity contribution in [3.05, 3.63) is 59.9 Å². The van der Waals surface area contributed by atoms with Gasteiger partial charge in [-0.25, -0.2) is 4.39 Å². The van der Waals surface area contributed by atoms with Gasteiger partial charge in [-0.15, -0.1) is 0 Å². The average molecular weight is 230 g/mol. The van der Waals surface area contributed by atoms with E-state index in [9.17, 15) is 4.39 Å². The first-order valence-electron chi connectivity index (χ1n) is 5.70. The summed E-state index contributed by atoms with van der Waals surface area (Å²) in [6.45, 7) is 3.93. The second kappa shape index (κ2) is 5.00. The van der Waals surface area contributed by atoms with Gasteiger partial charge >= 0.3 is 0 Å². The van der Waals surface area contributed by atoms with Gasteiger partial charge in [0.25, 0.3) is 0 Å². The minimum absolute atomic E-state index is 0.148. The van der Waals surface area contributed by atoms with Crippen LogP contribution < -0.4 is 4.74 Å². The molecule has 2 aromatic carbocycles. The van der Waals surface area contributed by atoms with Crippen molar-refractivity contribution in [3.63, 3.8) is 0 Å². The van der Waals surface area contributed by atoms with E-state index in [1.165, 1.54) is 0 Å². The van der Waals surface area contributed by atoms with Gasteiger partial charge in [-0.05, 0) is 29.7 Å². The van der Waals surface area contributed by atoms with Gasteiger partial charge < -0.3 is 4.74 Å². The maximum atomic E-state index is 14.1. The summed E-state index contributed by atoms with van der Waals surface area (Å²) in [4.78, 5) is 0. The van der Waals surface area contributed by atoms with Gasteiger partial charge in [-0.1, -0.05) is 44.2 Å². The molecule has 0 N–H and O–H groups in total. The first kappa shape index (κ1) is 11.6. The van der Waals surface area contributed by atoms with Crippen molar-refractivity contribution in [2.75, 3.05) is 0 Å². The van der Waals surface area contributed by atoms with Gasteiger partial charge in [0.15, 0.2) is 11.6 Å². The van der Waals surface area contributed by atoms with Crippen molar-refractivity contribution in [1.29, 1.82) is 0 Å². The summed E-state index contributed by atoms with van der Waals surface area (Å²) in [7, 11) is 0. The van der Waals surface area contributed by atoms with Crippen LogP contribution in [0.2, 0.25) is 0 Å². The lowest BCUT2D eigenvalue weighted by Gasteiger charge is -2.11. The Morgan fingerprint density at radius 3 is 2.29 bits per heavy atom. The number of ether oxygens (including phenoxy) is 1. The Bertz CT molecular complexity index is 492. The van der Waals surface area contributed by atoms with Crippen LogP contribution in [0.3, 0.4) is 0 Å². The zero-order chi connectivity index (χ0) is 12.3. The Morgan fingerprint density at radius 1 is 0.941 bits per heavy atom. The number of halogens is 1. The van der Waals surface area contributed by atoms with Crippen LogP contribution in [0.25, 0.3) is 0 Å². The molecule has 0 amide bonds. The Labute approximate surface area is 101 Å². The predicted octanol–water partition coefficient (Wildman–Crippen LogP) is 4.74. The Balaban J connectivity index is 2.31. The second-order valence-electron chi connectivity index (χ2n) is 4.23. The van der Waals surface area contributed by atoms with Crippen LogP contribution in [-0.2, 0) is 0 Å². The summed E-state index contributed by atoms with van der Waals surface area (Å²) in [6.07, 6.45) is 0. The number of hydrogen-bond acceptors (Lipinski definition) is 1. The Kier molecular flexibility index (Phi) is 3.43. The van der Waals surface area contributed by atoms with Crippen molar-refractivity contribution in [2.24, 2.45) is 0 Å². The second-order valence-corrected chi connectivity index (χ2v) is 4.23. The molecule has 0 aromatic heterocycles. The lowest BCUT2D eigenvalue weighted by Crippen LogP contribution is -1.96. The quantitative estimate of drug-likeness (QED) is 0.739. The molecule has 0 fully saturated rings. The van der Waals surface area contributed by atoms with Crippen LogP contribution >= 0.6 is 0 Å². The fraction of sp³-hybridized carbons (Fsp3) is 0.200. The molecular weight excluding hydrogens is 215 g/mol. The van der Waals surface area contributed by atoms with Crippen molar-refractivity contribution in [1.82, 2.24) is 0 Å². The molecule has 0 aliphatic carbocycles. The maximum Gasteiger partial charge on any atom is 0.169 e. The lowest BCUT2D eigenvalue weighted by molar-refractivity contribution is 0.436. The standard InChI is InChI=1S/C15H15FO/c1-11(2)13-9-6-10-14(15(13)16)17-12-7-4-3-5-8-12/h3-11H,1-2H3. The molecule has 0 heterocycles. The average Bonchev–Trinajstić information content (AvgIpc) is 2.33. The van der Waals surface area contributed by atoms with E-state index < -0.39 is 0 Å². The molecule has 1 nitrogen and oxygen atoms in total. The van der Waals surface area contributed by atoms with Crippen LogP contribution in [0.4, 0.5) is 4.39 Å². The molecule has 17 heavy (non-hydrogen) atoms. The summed E-state index contributed by atoms with van der Waals surface area (Å²) in [5.74, 6) is 0.801. The third-order valence-corrected chi connectivity index (χ3v) is 2.59. The van der Waals surface area contributed by atoms with Gasteiger partial charge in [0.1, 0.15) is 5.75 Å². The third-order valence-electron chi connectivity index (χ3n) is 2.59. The number of benzene rings is 2. The Morgan fingerprint density at radius 2 is 1.65 bits per heavy atom. The number of para-hydroxylation sites is 1. The highest BCUT2D eigenvalue weighted by molar-refractivity contribution is 5.36. The fourth-order valence-electron chi connectivity index (χ4n) is 1.67. The topological polar surface area (TPSA) is 9.23 Å². The maximum absolute atomic E-state index is 14.1. The van der Waals surface area contributed by atoms with E-state index >= 15 is 0 Å². The molecule has 0 bridgehead atoms. The molecule has 2 rings (SSSR count). The van der Waals surface area contributed by atoms with Crippen LogP contribution in [0, 0.1) is 5.82 Å². The van der Waals surface area contributed by atoms with Gasteiger partial charge in [0.05, 0.1) is 0 Å². The van der Waals surface area contributed by atoms with Crippen molar-refractivity contribution >= 4 is 0 Å². The molecule has 0 spiro atoms. The van der Waals surface area contributed by atoms with Crippen LogP contribution in [0.15, 0.2) is 48.5 Å². The van der Waals surface area contributed by atoms with E-state index in [0.717, 1.165) is 0 Å². The van der Waals surface area contributed by atoms with Crippen molar-refractivity contribution in [3.8, 4) is 11.5 Å². The van der Waals surface area contributed by atoms with Gasteiger partial charge in [0, 0.05) is 0 Å². The van der Waals surface area contributed by atoms with E-state index in [1.807, 2.05) is 50.2 Å². The molecule has 0 saturated carbocycles. The van der Waals surface area contributed by atoms with E-state index in [2.05, 4.69) is 0 Å². The molecule has 2 aromatic rings. The Hall–Kier alpha value is -1.83. The zero-order valence-corrected chi connectivity index (χ0v) is 9.98. The lowest BCUT2D eigenvalue weighted by atomic mass is 10.0. The molecule has 0 radical (unpaired) electrons. The molecule has 2 heteroatoms. The van der Waals surface area contributed by atoms with E-state index in [0.29, 0.717) is 11.3 Å². The summed E-state index contributed by atoms with van der Waals surface area (Å²) >= 11 is 0. The van der Waals surface area contributed by atoms with E-state index in [-0.39, 0.29) is 17.5 Å². The fourth-order valence-corrected chi connectivity index (χ4v) is 1.67. The first-order valence-corrected chi connectivity index (χ1v) is 5.70. The van der Waals surface area contributed by atoms with Crippen LogP contribution in [0.1, 0.15) is 25.3 Å². The summed E-state index contributed by atoms with van der Waals surface area (Å²) in [5, 5.41) is 0. The molecule has 0 aliphatic heterocycles. The molecule has 0 unspecified atom stereocenters. The summed E-state index contributed by atoms with van der Waals surface area (Å²) in [5.41, 5.74) is 0.679. The van der Waals surface area contributed by atoms with Crippen LogP contribution in [-0.4, -0.2) is 0 Å². The monoisotopic (exact) mass is 230 g/mol. The molecule has 0 atom stereocenters. The van der Waals surface area contributed by atoms with Gasteiger partial charge in [-0.3, -0.25) is 0 Å². The molecular formula is C15H15FO. The minimum Gasteiger partial charge on any atom is -0.454 e. The summed E-state index contributed by atoms with van der Waals surface area (Å²) < 4.78 is 19.6. The van der Waals surface area contributed by atoms with Crippen LogP contribution in [0.5, 0.6) is 11.5 Å². The molecule has 0 aliphatic rings. The largest absolute Gasteiger partial charge is 0.454 e. The van der Waals surface area contributed by atoms with Crippen molar-refractivity contribution < 1.29 is 9.13 Å². The van der Waals surface area contributed by atoms with Crippen molar-refractivity contribution in [2.45, 2.75) is 19.8 Å². The predicted molar refractivity (Wildman–Crippen MR) is 67.0 cm³/mol. The zero-order valence-electron chi connectivity index (χ0n) is 9.98. The van der Waals surface area contributed by atoms with Gasteiger partial charge in [0.2, 0.25) is 0 Å². The highest BCUT2D eigenvalue weighted by atomic mass is 19.1. The molecule has 88 valence electrons. The minimum atomic E-state index is -0.272. The first-order chi connectivity index (χ1) is 8.18. The SMILES string of the molecule is CC(C)c1cccc(Oc2ccccc2)c1F. The number of hydrogen-bond donors (Lipinski definition) is 0. The smallest absolute Gasteiger partial charge is 0.169 e. The van der Waals surface area contributed by atoms with E-state index in [1.54, 1.807) is 12.1 Å². The summed E-state index contributed by atoms with van der Waals surface area (Å²) in [6, 6.07) is 14.5. The number of rotatable bonds is 3. The van der Waals surface area contributed by atoms with E-state index in [4.69, 9.17) is 4.74 Å². The van der Waals surface area contributed by atoms with Gasteiger partial charge in [-0.2, -0.15) is 0 Å². The molecule has 0 saturated heterocycles. The normalized spacial score (nSPS) is 10.6. The highest BCUT2D eigenvalue weighted by Gasteiger charge is 2.12. The third kappa shape index (κ3) is 2.64.